The number of carbonyl (C=O) groups is 1. The van der Waals surface area contributed by atoms with Crippen molar-refractivity contribution in [2.75, 3.05) is 20.8 Å². The molecule has 3 N–H and O–H groups in total. The van der Waals surface area contributed by atoms with Gasteiger partial charge in [-0.2, -0.15) is 0 Å². The van der Waals surface area contributed by atoms with Gasteiger partial charge >= 0.3 is 0 Å². The summed E-state index contributed by atoms with van der Waals surface area (Å²) in [5, 5.41) is 2.50. The average Bonchev–Trinajstić information content (AvgIpc) is 2.44. The molecule has 112 valence electrons. The van der Waals surface area contributed by atoms with Crippen LogP contribution in [0, 0.1) is 0 Å². The molecule has 0 bridgehead atoms. The van der Waals surface area contributed by atoms with Crippen LogP contribution in [-0.4, -0.2) is 32.7 Å². The molecular formula is C14H21BrN2O3. The molecule has 1 unspecified atom stereocenters. The maximum Gasteiger partial charge on any atom is 0.257 e. The maximum atomic E-state index is 11.2. The van der Waals surface area contributed by atoms with E-state index in [1.807, 2.05) is 12.1 Å². The fourth-order valence-corrected chi connectivity index (χ4v) is 2.29. The zero-order valence-corrected chi connectivity index (χ0v) is 13.6. The molecule has 0 aromatic heterocycles. The Kier molecular flexibility index (Phi) is 6.81. The molecule has 1 amide bonds. The van der Waals surface area contributed by atoms with E-state index in [-0.39, 0.29) is 18.6 Å². The van der Waals surface area contributed by atoms with Gasteiger partial charge in [-0.25, -0.2) is 0 Å². The molecule has 5 nitrogen and oxygen atoms in total. The van der Waals surface area contributed by atoms with E-state index < -0.39 is 0 Å². The Morgan fingerprint density at radius 2 is 2.20 bits per heavy atom. The molecule has 6 heteroatoms. The summed E-state index contributed by atoms with van der Waals surface area (Å²) >= 11 is 3.45. The van der Waals surface area contributed by atoms with Gasteiger partial charge in [0.1, 0.15) is 0 Å². The zero-order chi connectivity index (χ0) is 15.1. The van der Waals surface area contributed by atoms with E-state index >= 15 is 0 Å². The van der Waals surface area contributed by atoms with Crippen LogP contribution in [0.15, 0.2) is 16.6 Å². The Morgan fingerprint density at radius 3 is 2.75 bits per heavy atom. The van der Waals surface area contributed by atoms with Crippen molar-refractivity contribution in [2.24, 2.45) is 5.73 Å². The van der Waals surface area contributed by atoms with Crippen LogP contribution in [0.5, 0.6) is 11.5 Å². The highest BCUT2D eigenvalue weighted by Gasteiger charge is 2.14. The molecule has 0 aliphatic rings. The molecule has 0 saturated heterocycles. The van der Waals surface area contributed by atoms with Crippen molar-refractivity contribution in [1.29, 1.82) is 0 Å². The number of rotatable bonds is 7. The lowest BCUT2D eigenvalue weighted by atomic mass is 10.0. The number of halogens is 1. The van der Waals surface area contributed by atoms with Crippen molar-refractivity contribution in [3.8, 4) is 11.5 Å². The van der Waals surface area contributed by atoms with Crippen LogP contribution in [-0.2, 0) is 11.2 Å². The quantitative estimate of drug-likeness (QED) is 0.791. The maximum absolute atomic E-state index is 11.2. The number of nitrogens with one attached hydrogen (secondary N) is 1. The Hall–Kier alpha value is -1.27. The lowest BCUT2D eigenvalue weighted by Crippen LogP contribution is -2.25. The number of nitrogens with two attached hydrogens (primary N) is 1. The predicted molar refractivity (Wildman–Crippen MR) is 82.2 cm³/mol. The number of amides is 1. The van der Waals surface area contributed by atoms with Crippen molar-refractivity contribution in [2.45, 2.75) is 25.8 Å². The lowest BCUT2D eigenvalue weighted by molar-refractivity contribution is -0.122. The van der Waals surface area contributed by atoms with E-state index in [0.29, 0.717) is 11.5 Å². The van der Waals surface area contributed by atoms with Gasteiger partial charge in [0.2, 0.25) is 0 Å². The molecule has 0 spiro atoms. The number of ether oxygens (including phenoxy) is 2. The third-order valence-electron chi connectivity index (χ3n) is 2.94. The summed E-state index contributed by atoms with van der Waals surface area (Å²) in [6, 6.07) is 3.95. The minimum absolute atomic E-state index is 0.0563. The first kappa shape index (κ1) is 16.8. The van der Waals surface area contributed by atoms with Crippen LogP contribution in [0.1, 0.15) is 18.9 Å². The first-order valence-electron chi connectivity index (χ1n) is 6.47. The topological polar surface area (TPSA) is 73.6 Å². The molecule has 0 radical (unpaired) electrons. The monoisotopic (exact) mass is 344 g/mol. The van der Waals surface area contributed by atoms with Gasteiger partial charge in [-0.05, 0) is 46.5 Å². The van der Waals surface area contributed by atoms with Gasteiger partial charge in [-0.3, -0.25) is 4.79 Å². The fraction of sp³-hybridized carbons (Fsp3) is 0.500. The van der Waals surface area contributed by atoms with E-state index in [4.69, 9.17) is 15.2 Å². The Bertz CT molecular complexity index is 466. The number of carbonyl (C=O) groups excluding carboxylic acids is 1. The second kappa shape index (κ2) is 8.11. The van der Waals surface area contributed by atoms with Gasteiger partial charge in [0.25, 0.3) is 5.91 Å². The summed E-state index contributed by atoms with van der Waals surface area (Å²) in [7, 11) is 3.13. The number of hydrogen-bond acceptors (Lipinski definition) is 4. The van der Waals surface area contributed by atoms with Crippen LogP contribution in [0.25, 0.3) is 0 Å². The van der Waals surface area contributed by atoms with Gasteiger partial charge in [-0.15, -0.1) is 0 Å². The molecule has 1 aromatic rings. The summed E-state index contributed by atoms with van der Waals surface area (Å²) in [5.41, 5.74) is 7.03. The molecule has 1 rings (SSSR count). The van der Waals surface area contributed by atoms with Gasteiger partial charge in [0, 0.05) is 13.1 Å². The minimum atomic E-state index is -0.198. The van der Waals surface area contributed by atoms with Crippen LogP contribution >= 0.6 is 15.9 Å². The SMILES string of the molecule is CCC(N)Cc1cc(Br)c(OCC(=O)NC)c(OC)c1. The Morgan fingerprint density at radius 1 is 1.50 bits per heavy atom. The summed E-state index contributed by atoms with van der Waals surface area (Å²) in [6.07, 6.45) is 1.68. The highest BCUT2D eigenvalue weighted by molar-refractivity contribution is 9.10. The number of hydrogen-bond donors (Lipinski definition) is 2. The standard InChI is InChI=1S/C14H21BrN2O3/c1-4-10(16)5-9-6-11(15)14(12(7-9)19-3)20-8-13(18)17-2/h6-7,10H,4-5,8,16H2,1-3H3,(H,17,18). The molecular weight excluding hydrogens is 324 g/mol. The first-order valence-corrected chi connectivity index (χ1v) is 7.26. The highest BCUT2D eigenvalue weighted by atomic mass is 79.9. The molecule has 1 atom stereocenters. The molecule has 0 aliphatic carbocycles. The normalized spacial score (nSPS) is 11.8. The predicted octanol–water partition coefficient (Wildman–Crippen LogP) is 1.86. The van der Waals surface area contributed by atoms with Crippen molar-refractivity contribution < 1.29 is 14.3 Å². The highest BCUT2D eigenvalue weighted by Crippen LogP contribution is 2.37. The largest absolute Gasteiger partial charge is 0.493 e. The average molecular weight is 345 g/mol. The number of methoxy groups -OCH3 is 1. The minimum Gasteiger partial charge on any atom is -0.493 e. The van der Waals surface area contributed by atoms with Crippen molar-refractivity contribution >= 4 is 21.8 Å². The number of likely N-dealkylation sites (N-methyl/N-ethyl adjacent to an activating group) is 1. The van der Waals surface area contributed by atoms with E-state index in [1.54, 1.807) is 14.2 Å². The van der Waals surface area contributed by atoms with Crippen molar-refractivity contribution in [3.05, 3.63) is 22.2 Å². The molecule has 1 aromatic carbocycles. The van der Waals surface area contributed by atoms with Gasteiger partial charge in [0.05, 0.1) is 11.6 Å². The Balaban J connectivity index is 2.92. The summed E-state index contributed by atoms with van der Waals surface area (Å²) in [4.78, 5) is 11.2. The van der Waals surface area contributed by atoms with Crippen molar-refractivity contribution in [3.63, 3.8) is 0 Å². The molecule has 0 heterocycles. The van der Waals surface area contributed by atoms with Crippen LogP contribution in [0.4, 0.5) is 0 Å². The summed E-state index contributed by atoms with van der Waals surface area (Å²) < 4.78 is 11.6. The van der Waals surface area contributed by atoms with E-state index in [9.17, 15) is 4.79 Å². The zero-order valence-electron chi connectivity index (χ0n) is 12.0. The third-order valence-corrected chi connectivity index (χ3v) is 3.53. The van der Waals surface area contributed by atoms with Gasteiger partial charge in [-0.1, -0.05) is 6.92 Å². The van der Waals surface area contributed by atoms with Gasteiger partial charge in [0.15, 0.2) is 18.1 Å². The fourth-order valence-electron chi connectivity index (χ4n) is 1.69. The lowest BCUT2D eigenvalue weighted by Gasteiger charge is -2.15. The first-order chi connectivity index (χ1) is 9.51. The smallest absolute Gasteiger partial charge is 0.257 e. The second-order valence-corrected chi connectivity index (χ2v) is 5.30. The van der Waals surface area contributed by atoms with Gasteiger partial charge < -0.3 is 20.5 Å². The Labute approximate surface area is 127 Å². The van der Waals surface area contributed by atoms with E-state index in [2.05, 4.69) is 28.2 Å². The van der Waals surface area contributed by atoms with Crippen LogP contribution in [0.2, 0.25) is 0 Å². The molecule has 20 heavy (non-hydrogen) atoms. The van der Waals surface area contributed by atoms with Crippen molar-refractivity contribution in [1.82, 2.24) is 5.32 Å². The van der Waals surface area contributed by atoms with Crippen LogP contribution < -0.4 is 20.5 Å². The number of benzene rings is 1. The summed E-state index contributed by atoms with van der Waals surface area (Å²) in [5.74, 6) is 0.905. The second-order valence-electron chi connectivity index (χ2n) is 4.44. The van der Waals surface area contributed by atoms with Crippen LogP contribution in [0.3, 0.4) is 0 Å². The van der Waals surface area contributed by atoms with E-state index in [0.717, 1.165) is 22.9 Å². The molecule has 0 fully saturated rings. The van der Waals surface area contributed by atoms with E-state index in [1.165, 1.54) is 0 Å². The molecule has 0 aliphatic heterocycles. The molecule has 0 saturated carbocycles. The summed E-state index contributed by atoms with van der Waals surface area (Å²) in [6.45, 7) is 2.00. The third kappa shape index (κ3) is 4.68.